The molecule has 10 nitrogen and oxygen atoms in total. The van der Waals surface area contributed by atoms with Crippen molar-refractivity contribution < 1.29 is 60.4 Å². The first-order chi connectivity index (χ1) is 18.7. The van der Waals surface area contributed by atoms with Gasteiger partial charge in [0.15, 0.2) is 0 Å². The minimum absolute atomic E-state index is 0.0476. The van der Waals surface area contributed by atoms with Gasteiger partial charge in [-0.25, -0.2) is 14.6 Å². The van der Waals surface area contributed by atoms with Gasteiger partial charge in [-0.05, 0) is 37.5 Å². The molecule has 4 rings (SSSR count). The number of aromatic nitrogens is 2. The molecule has 1 amide bonds. The molecule has 1 spiro atoms. The Labute approximate surface area is 223 Å². The molecule has 2 aromatic heterocycles. The second-order valence-electron chi connectivity index (χ2n) is 8.55. The standard InChI is InChI=1S/C20H23N3O3.2C2HF3O2/c24-19(16-6-10-21-11-7-16)23-12-13-26-20(15-23)8-3-4-17(20)14-25-18-5-1-2-9-22-18;2*3-2(4,5)1(6)7/h1-2,5-7,9-11,17H,3-4,8,12-15H2;2*(H,6,7)/t17-,20+;;/m0../s1. The maximum absolute atomic E-state index is 12.8. The van der Waals surface area contributed by atoms with Crippen LogP contribution in [-0.4, -0.2) is 87.2 Å². The van der Waals surface area contributed by atoms with Crippen LogP contribution in [0.1, 0.15) is 29.6 Å². The van der Waals surface area contributed by atoms with Gasteiger partial charge in [0, 0.05) is 42.7 Å². The summed E-state index contributed by atoms with van der Waals surface area (Å²) in [6, 6.07) is 9.18. The van der Waals surface area contributed by atoms with Crippen LogP contribution < -0.4 is 4.74 Å². The third-order valence-corrected chi connectivity index (χ3v) is 5.88. The van der Waals surface area contributed by atoms with Crippen LogP contribution in [-0.2, 0) is 14.3 Å². The summed E-state index contributed by atoms with van der Waals surface area (Å²) in [6.07, 6.45) is -2.03. The summed E-state index contributed by atoms with van der Waals surface area (Å²) in [6.45, 7) is 2.37. The van der Waals surface area contributed by atoms with Crippen molar-refractivity contribution in [1.29, 1.82) is 0 Å². The van der Waals surface area contributed by atoms with Crippen molar-refractivity contribution in [3.05, 3.63) is 54.5 Å². The Morgan fingerprint density at radius 3 is 2.12 bits per heavy atom. The van der Waals surface area contributed by atoms with E-state index in [-0.39, 0.29) is 17.4 Å². The first kappa shape index (κ1) is 32.3. The zero-order valence-corrected chi connectivity index (χ0v) is 20.7. The SMILES string of the molecule is O=C(O)C(F)(F)F.O=C(O)C(F)(F)F.O=C(c1ccncc1)N1CCO[C@]2(CCC[C@H]2COc2ccccn2)C1. The molecule has 1 saturated heterocycles. The number of nitrogens with zero attached hydrogens (tertiary/aromatic N) is 3. The van der Waals surface area contributed by atoms with Crippen molar-refractivity contribution in [2.75, 3.05) is 26.3 Å². The monoisotopic (exact) mass is 581 g/mol. The Kier molecular flexibility index (Phi) is 11.2. The number of aliphatic carboxylic acids is 2. The maximum atomic E-state index is 12.8. The molecule has 3 heterocycles. The summed E-state index contributed by atoms with van der Waals surface area (Å²) in [5.41, 5.74) is 0.367. The first-order valence-electron chi connectivity index (χ1n) is 11.6. The number of halogens is 6. The quantitative estimate of drug-likeness (QED) is 0.516. The lowest BCUT2D eigenvalue weighted by molar-refractivity contribution is -0.193. The lowest BCUT2D eigenvalue weighted by Crippen LogP contribution is -2.56. The largest absolute Gasteiger partial charge is 0.490 e. The Hall–Kier alpha value is -3.95. The number of morpholine rings is 1. The molecule has 0 bridgehead atoms. The molecule has 2 atom stereocenters. The van der Waals surface area contributed by atoms with Gasteiger partial charge < -0.3 is 24.6 Å². The smallest absolute Gasteiger partial charge is 0.477 e. The average molecular weight is 581 g/mol. The average Bonchev–Trinajstić information content (AvgIpc) is 3.28. The number of rotatable bonds is 4. The molecular formula is C24H25F6N3O7. The number of alkyl halides is 6. The summed E-state index contributed by atoms with van der Waals surface area (Å²) in [4.78, 5) is 40.7. The molecule has 2 N–H and O–H groups in total. The number of carbonyl (C=O) groups is 3. The maximum Gasteiger partial charge on any atom is 0.490 e. The van der Waals surface area contributed by atoms with E-state index in [2.05, 4.69) is 9.97 Å². The minimum atomic E-state index is -5.08. The summed E-state index contributed by atoms with van der Waals surface area (Å²) in [5.74, 6) is -4.57. The van der Waals surface area contributed by atoms with E-state index < -0.39 is 24.3 Å². The van der Waals surface area contributed by atoms with E-state index in [0.717, 1.165) is 19.3 Å². The number of ether oxygens (including phenoxy) is 2. The second kappa shape index (κ2) is 13.9. The highest BCUT2D eigenvalue weighted by Gasteiger charge is 2.48. The van der Waals surface area contributed by atoms with Crippen molar-refractivity contribution >= 4 is 17.8 Å². The van der Waals surface area contributed by atoms with Gasteiger partial charge in [-0.1, -0.05) is 6.07 Å². The molecule has 0 radical (unpaired) electrons. The third-order valence-electron chi connectivity index (χ3n) is 5.88. The van der Waals surface area contributed by atoms with Crippen LogP contribution in [0.4, 0.5) is 26.3 Å². The Bertz CT molecular complexity index is 1100. The molecule has 0 aromatic carbocycles. The van der Waals surface area contributed by atoms with E-state index in [9.17, 15) is 31.1 Å². The normalized spacial score (nSPS) is 20.4. The number of carboxylic acids is 2. The number of carbonyl (C=O) groups excluding carboxylic acids is 1. The van der Waals surface area contributed by atoms with Crippen molar-refractivity contribution in [2.24, 2.45) is 5.92 Å². The topological polar surface area (TPSA) is 139 Å². The number of hydrogen-bond acceptors (Lipinski definition) is 7. The zero-order valence-electron chi connectivity index (χ0n) is 20.7. The predicted octanol–water partition coefficient (Wildman–Crippen LogP) is 3.83. The highest BCUT2D eigenvalue weighted by atomic mass is 19.4. The second-order valence-corrected chi connectivity index (χ2v) is 8.55. The molecule has 2 fully saturated rings. The van der Waals surface area contributed by atoms with Crippen LogP contribution in [0.5, 0.6) is 5.88 Å². The predicted molar refractivity (Wildman–Crippen MR) is 123 cm³/mol. The van der Waals surface area contributed by atoms with E-state index in [1.54, 1.807) is 30.7 Å². The summed E-state index contributed by atoms with van der Waals surface area (Å²) in [5, 5.41) is 14.2. The molecule has 2 aliphatic rings. The van der Waals surface area contributed by atoms with Crippen molar-refractivity contribution in [1.82, 2.24) is 14.9 Å². The lowest BCUT2D eigenvalue weighted by atomic mass is 9.89. The van der Waals surface area contributed by atoms with Gasteiger partial charge in [0.1, 0.15) is 0 Å². The number of carboxylic acid groups (broad SMARTS) is 2. The number of hydrogen-bond donors (Lipinski definition) is 2. The molecule has 2 aromatic rings. The van der Waals surface area contributed by atoms with Crippen molar-refractivity contribution in [2.45, 2.75) is 37.2 Å². The molecule has 1 aliphatic carbocycles. The minimum Gasteiger partial charge on any atom is -0.477 e. The molecule has 1 saturated carbocycles. The summed E-state index contributed by atoms with van der Waals surface area (Å²) >= 11 is 0. The summed E-state index contributed by atoms with van der Waals surface area (Å²) in [7, 11) is 0. The highest BCUT2D eigenvalue weighted by Crippen LogP contribution is 2.41. The third kappa shape index (κ3) is 9.66. The molecule has 1 aliphatic heterocycles. The van der Waals surface area contributed by atoms with Gasteiger partial charge in [0.2, 0.25) is 5.88 Å². The number of pyridine rings is 2. The van der Waals surface area contributed by atoms with E-state index in [1.165, 1.54) is 0 Å². The van der Waals surface area contributed by atoms with Crippen molar-refractivity contribution in [3.8, 4) is 5.88 Å². The van der Waals surface area contributed by atoms with Gasteiger partial charge in [0.05, 0.1) is 25.4 Å². The van der Waals surface area contributed by atoms with Crippen LogP contribution in [0.2, 0.25) is 0 Å². The zero-order chi connectivity index (χ0) is 30.0. The van der Waals surface area contributed by atoms with E-state index >= 15 is 0 Å². The molecule has 16 heteroatoms. The Balaban J connectivity index is 0.000000333. The van der Waals surface area contributed by atoms with E-state index in [0.29, 0.717) is 37.7 Å². The Morgan fingerprint density at radius 2 is 1.60 bits per heavy atom. The van der Waals surface area contributed by atoms with Gasteiger partial charge in [-0.2, -0.15) is 26.3 Å². The van der Waals surface area contributed by atoms with Crippen LogP contribution in [0, 0.1) is 5.92 Å². The van der Waals surface area contributed by atoms with E-state index in [4.69, 9.17) is 29.3 Å². The van der Waals surface area contributed by atoms with Crippen molar-refractivity contribution in [3.63, 3.8) is 0 Å². The van der Waals surface area contributed by atoms with Crippen LogP contribution in [0.25, 0.3) is 0 Å². The van der Waals surface area contributed by atoms with Gasteiger partial charge in [-0.3, -0.25) is 9.78 Å². The molecule has 220 valence electrons. The fourth-order valence-corrected chi connectivity index (χ4v) is 4.02. The number of amides is 1. The Morgan fingerprint density at radius 1 is 1.00 bits per heavy atom. The van der Waals surface area contributed by atoms with Gasteiger partial charge in [0.25, 0.3) is 5.91 Å². The fourth-order valence-electron chi connectivity index (χ4n) is 4.02. The fraction of sp³-hybridized carbons (Fsp3) is 0.458. The van der Waals surface area contributed by atoms with Gasteiger partial charge in [-0.15, -0.1) is 0 Å². The van der Waals surface area contributed by atoms with Gasteiger partial charge >= 0.3 is 24.3 Å². The van der Waals surface area contributed by atoms with Crippen LogP contribution in [0.15, 0.2) is 48.9 Å². The molecular weight excluding hydrogens is 556 g/mol. The first-order valence-corrected chi connectivity index (χ1v) is 11.6. The summed E-state index contributed by atoms with van der Waals surface area (Å²) < 4.78 is 75.6. The van der Waals surface area contributed by atoms with Crippen LogP contribution in [0.3, 0.4) is 0 Å². The molecule has 40 heavy (non-hydrogen) atoms. The van der Waals surface area contributed by atoms with E-state index in [1.807, 2.05) is 23.1 Å². The lowest BCUT2D eigenvalue weighted by Gasteiger charge is -2.44. The van der Waals surface area contributed by atoms with Crippen LogP contribution >= 0.6 is 0 Å². The molecule has 0 unspecified atom stereocenters. The highest BCUT2D eigenvalue weighted by molar-refractivity contribution is 5.94.